The van der Waals surface area contributed by atoms with E-state index >= 15 is 0 Å². The van der Waals surface area contributed by atoms with Crippen molar-refractivity contribution in [2.24, 2.45) is 4.99 Å². The number of rotatable bonds is 5. The summed E-state index contributed by atoms with van der Waals surface area (Å²) in [6.45, 7) is 2.52. The molecule has 2 aromatic heterocycles. The topological polar surface area (TPSA) is 62.6 Å². The number of aromatic nitrogens is 2. The van der Waals surface area contributed by atoms with Gasteiger partial charge in [0.2, 0.25) is 5.88 Å². The number of ether oxygens (including phenoxy) is 1. The van der Waals surface area contributed by atoms with E-state index in [1.807, 2.05) is 37.4 Å². The number of hydrogen-bond donors (Lipinski definition) is 1. The van der Waals surface area contributed by atoms with E-state index in [9.17, 15) is 0 Å². The quantitative estimate of drug-likeness (QED) is 0.549. The monoisotopic (exact) mass is 375 g/mol. The van der Waals surface area contributed by atoms with Crippen LogP contribution in [-0.4, -0.2) is 53.6 Å². The Kier molecular flexibility index (Phi) is 5.66. The Balaban J connectivity index is 1.28. The van der Waals surface area contributed by atoms with Crippen LogP contribution in [0.4, 0.5) is 0 Å². The van der Waals surface area contributed by atoms with Crippen molar-refractivity contribution in [1.82, 2.24) is 20.2 Å². The fourth-order valence-corrected chi connectivity index (χ4v) is 3.49. The van der Waals surface area contributed by atoms with Crippen LogP contribution in [-0.2, 0) is 6.42 Å². The molecule has 1 aromatic carbocycles. The van der Waals surface area contributed by atoms with Gasteiger partial charge in [0.1, 0.15) is 6.10 Å². The van der Waals surface area contributed by atoms with Crippen LogP contribution in [0.15, 0.2) is 65.8 Å². The molecule has 1 aliphatic heterocycles. The number of nitrogens with one attached hydrogen (secondary N) is 1. The molecule has 0 amide bonds. The second-order valence-electron chi connectivity index (χ2n) is 6.86. The van der Waals surface area contributed by atoms with Crippen LogP contribution >= 0.6 is 0 Å². The third-order valence-electron chi connectivity index (χ3n) is 4.90. The van der Waals surface area contributed by atoms with E-state index in [1.165, 1.54) is 5.39 Å². The Morgan fingerprint density at radius 3 is 2.93 bits per heavy atom. The van der Waals surface area contributed by atoms with Crippen LogP contribution < -0.4 is 10.1 Å². The van der Waals surface area contributed by atoms with Crippen LogP contribution in [0.5, 0.6) is 5.88 Å². The zero-order valence-corrected chi connectivity index (χ0v) is 16.1. The maximum absolute atomic E-state index is 5.97. The van der Waals surface area contributed by atoms with Gasteiger partial charge >= 0.3 is 0 Å². The van der Waals surface area contributed by atoms with Crippen molar-refractivity contribution < 1.29 is 4.74 Å². The summed E-state index contributed by atoms with van der Waals surface area (Å²) in [7, 11) is 1.82. The van der Waals surface area contributed by atoms with Gasteiger partial charge in [-0.05, 0) is 18.2 Å². The number of para-hydroxylation sites is 1. The molecule has 6 heteroatoms. The Hall–Kier alpha value is -3.15. The number of aliphatic imine (C=N–C) groups is 1. The van der Waals surface area contributed by atoms with Crippen molar-refractivity contribution in [2.75, 3.05) is 26.7 Å². The van der Waals surface area contributed by atoms with E-state index in [4.69, 9.17) is 9.72 Å². The summed E-state index contributed by atoms with van der Waals surface area (Å²) < 4.78 is 5.97. The lowest BCUT2D eigenvalue weighted by Gasteiger charge is -2.21. The minimum Gasteiger partial charge on any atom is -0.472 e. The average Bonchev–Trinajstić information content (AvgIpc) is 3.20. The Morgan fingerprint density at radius 1 is 1.18 bits per heavy atom. The molecule has 1 aliphatic rings. The van der Waals surface area contributed by atoms with Gasteiger partial charge in [0, 0.05) is 56.3 Å². The van der Waals surface area contributed by atoms with Crippen LogP contribution in [0.2, 0.25) is 0 Å². The Labute approximate surface area is 165 Å². The van der Waals surface area contributed by atoms with Gasteiger partial charge in [0.05, 0.1) is 12.1 Å². The van der Waals surface area contributed by atoms with E-state index in [1.54, 1.807) is 6.20 Å². The van der Waals surface area contributed by atoms with Gasteiger partial charge in [-0.3, -0.25) is 9.98 Å². The second kappa shape index (κ2) is 8.69. The van der Waals surface area contributed by atoms with E-state index < -0.39 is 0 Å². The molecule has 1 fully saturated rings. The highest BCUT2D eigenvalue weighted by Gasteiger charge is 2.26. The summed E-state index contributed by atoms with van der Waals surface area (Å²) in [4.78, 5) is 15.6. The fourth-order valence-electron chi connectivity index (χ4n) is 3.49. The van der Waals surface area contributed by atoms with Crippen molar-refractivity contribution in [1.29, 1.82) is 0 Å². The summed E-state index contributed by atoms with van der Waals surface area (Å²) in [6.07, 6.45) is 3.70. The molecule has 1 saturated heterocycles. The minimum atomic E-state index is 0.135. The van der Waals surface area contributed by atoms with Gasteiger partial charge in [-0.25, -0.2) is 4.98 Å². The second-order valence-corrected chi connectivity index (χ2v) is 6.86. The van der Waals surface area contributed by atoms with Gasteiger partial charge in [0.25, 0.3) is 0 Å². The normalized spacial score (nSPS) is 17.1. The predicted molar refractivity (Wildman–Crippen MR) is 112 cm³/mol. The number of benzene rings is 1. The summed E-state index contributed by atoms with van der Waals surface area (Å²) in [5, 5.41) is 4.63. The van der Waals surface area contributed by atoms with Crippen LogP contribution in [0.25, 0.3) is 10.9 Å². The van der Waals surface area contributed by atoms with Crippen molar-refractivity contribution in [2.45, 2.75) is 18.9 Å². The van der Waals surface area contributed by atoms with E-state index in [0.717, 1.165) is 49.6 Å². The lowest BCUT2D eigenvalue weighted by Crippen LogP contribution is -2.41. The van der Waals surface area contributed by atoms with Gasteiger partial charge in [-0.15, -0.1) is 0 Å². The first kappa shape index (κ1) is 18.2. The lowest BCUT2D eigenvalue weighted by atomic mass is 10.2. The Bertz CT molecular complexity index is 944. The molecular formula is C22H25N5O. The number of pyridine rings is 2. The van der Waals surface area contributed by atoms with Crippen LogP contribution in [0, 0.1) is 0 Å². The molecular weight excluding hydrogens is 350 g/mol. The number of nitrogens with zero attached hydrogens (tertiary/aromatic N) is 4. The molecule has 28 heavy (non-hydrogen) atoms. The molecule has 1 N–H and O–H groups in total. The maximum atomic E-state index is 5.97. The zero-order valence-electron chi connectivity index (χ0n) is 16.1. The van der Waals surface area contributed by atoms with Crippen LogP contribution in [0.3, 0.4) is 0 Å². The molecule has 1 atom stereocenters. The van der Waals surface area contributed by atoms with Crippen molar-refractivity contribution in [3.8, 4) is 5.88 Å². The van der Waals surface area contributed by atoms with Crippen molar-refractivity contribution >= 4 is 16.9 Å². The highest BCUT2D eigenvalue weighted by Crippen LogP contribution is 2.16. The first-order valence-electron chi connectivity index (χ1n) is 9.70. The molecule has 1 unspecified atom stereocenters. The fraction of sp³-hybridized carbons (Fsp3) is 0.318. The predicted octanol–water partition coefficient (Wildman–Crippen LogP) is 2.90. The molecule has 0 aliphatic carbocycles. The summed E-state index contributed by atoms with van der Waals surface area (Å²) in [5.74, 6) is 1.59. The highest BCUT2D eigenvalue weighted by atomic mass is 16.5. The van der Waals surface area contributed by atoms with E-state index in [-0.39, 0.29) is 6.10 Å². The van der Waals surface area contributed by atoms with Crippen LogP contribution in [0.1, 0.15) is 12.1 Å². The van der Waals surface area contributed by atoms with E-state index in [2.05, 4.69) is 44.5 Å². The highest BCUT2D eigenvalue weighted by molar-refractivity contribution is 5.80. The van der Waals surface area contributed by atoms with E-state index in [0.29, 0.717) is 5.88 Å². The van der Waals surface area contributed by atoms with Gasteiger partial charge in [0.15, 0.2) is 5.96 Å². The van der Waals surface area contributed by atoms with Crippen molar-refractivity contribution in [3.05, 3.63) is 66.5 Å². The Morgan fingerprint density at radius 2 is 2.07 bits per heavy atom. The standard InChI is InChI=1S/C22H25N5O/c1-23-22(27-15-12-19(16-27)28-21-8-4-5-13-24-21)25-14-11-18-10-9-17-6-2-3-7-20(17)26-18/h2-10,13,19H,11-12,14-16H2,1H3,(H,23,25). The third kappa shape index (κ3) is 4.39. The molecule has 0 bridgehead atoms. The number of fused-ring (bicyclic) bond motifs is 1. The molecule has 6 nitrogen and oxygen atoms in total. The molecule has 0 saturated carbocycles. The molecule has 3 aromatic rings. The summed E-state index contributed by atoms with van der Waals surface area (Å²) >= 11 is 0. The number of guanidine groups is 1. The number of likely N-dealkylation sites (tertiary alicyclic amines) is 1. The minimum absolute atomic E-state index is 0.135. The zero-order chi connectivity index (χ0) is 19.2. The van der Waals surface area contributed by atoms with Crippen molar-refractivity contribution in [3.63, 3.8) is 0 Å². The molecule has 0 radical (unpaired) electrons. The largest absolute Gasteiger partial charge is 0.472 e. The lowest BCUT2D eigenvalue weighted by molar-refractivity contribution is 0.205. The molecule has 144 valence electrons. The maximum Gasteiger partial charge on any atom is 0.213 e. The van der Waals surface area contributed by atoms with Gasteiger partial charge in [-0.1, -0.05) is 30.3 Å². The van der Waals surface area contributed by atoms with Gasteiger partial charge in [-0.2, -0.15) is 0 Å². The smallest absolute Gasteiger partial charge is 0.213 e. The summed E-state index contributed by atoms with van der Waals surface area (Å²) in [5.41, 5.74) is 2.12. The SMILES string of the molecule is CN=C(NCCc1ccc2ccccc2n1)N1CCC(Oc2ccccn2)C1. The molecule has 0 spiro atoms. The third-order valence-corrected chi connectivity index (χ3v) is 4.90. The molecule has 3 heterocycles. The first-order chi connectivity index (χ1) is 13.8. The van der Waals surface area contributed by atoms with Gasteiger partial charge < -0.3 is 15.0 Å². The average molecular weight is 375 g/mol. The number of hydrogen-bond acceptors (Lipinski definition) is 4. The molecule has 4 rings (SSSR count). The summed E-state index contributed by atoms with van der Waals surface area (Å²) in [6, 6.07) is 18.2. The first-order valence-corrected chi connectivity index (χ1v) is 9.70.